The highest BCUT2D eigenvalue weighted by Gasteiger charge is 2.39. The SMILES string of the molecule is O=C1CC[C@H](N2Cc3cc(N4CCN(CC5CCN(c6ccc(C7=CCCCc8cc(C(=O)O)ccc87)cc6)CC5)CC4)ccc3C2=O)C(=O)N1. The molecule has 264 valence electrons. The maximum atomic E-state index is 13.1. The van der Waals surface area contributed by atoms with Gasteiger partial charge in [0.2, 0.25) is 11.8 Å². The van der Waals surface area contributed by atoms with Crippen LogP contribution in [-0.2, 0) is 22.6 Å². The van der Waals surface area contributed by atoms with E-state index in [4.69, 9.17) is 0 Å². The normalized spacial score (nSPS) is 21.6. The maximum absolute atomic E-state index is 13.1. The van der Waals surface area contributed by atoms with Gasteiger partial charge in [-0.3, -0.25) is 24.6 Å². The van der Waals surface area contributed by atoms with E-state index >= 15 is 0 Å². The Morgan fingerprint density at radius 1 is 0.765 bits per heavy atom. The second kappa shape index (κ2) is 14.0. The molecule has 3 saturated heterocycles. The number of nitrogens with zero attached hydrogens (tertiary/aromatic N) is 4. The predicted molar refractivity (Wildman–Crippen MR) is 196 cm³/mol. The highest BCUT2D eigenvalue weighted by atomic mass is 16.4. The van der Waals surface area contributed by atoms with Crippen molar-refractivity contribution in [3.8, 4) is 0 Å². The number of carbonyl (C=O) groups is 4. The Balaban J connectivity index is 0.819. The number of rotatable bonds is 7. The van der Waals surface area contributed by atoms with Crippen LogP contribution in [0.5, 0.6) is 0 Å². The number of hydrogen-bond acceptors (Lipinski definition) is 7. The highest BCUT2D eigenvalue weighted by molar-refractivity contribution is 6.05. The maximum Gasteiger partial charge on any atom is 0.335 e. The molecule has 51 heavy (non-hydrogen) atoms. The predicted octanol–water partition coefficient (Wildman–Crippen LogP) is 4.95. The molecule has 0 saturated carbocycles. The van der Waals surface area contributed by atoms with Crippen molar-refractivity contribution >= 4 is 40.6 Å². The molecule has 5 aliphatic rings. The van der Waals surface area contributed by atoms with Crippen LogP contribution in [0.4, 0.5) is 11.4 Å². The number of aromatic carboxylic acids is 1. The van der Waals surface area contributed by atoms with Crippen LogP contribution in [0.25, 0.3) is 5.57 Å². The van der Waals surface area contributed by atoms with Crippen molar-refractivity contribution in [3.05, 3.63) is 100 Å². The molecule has 1 aliphatic carbocycles. The van der Waals surface area contributed by atoms with Crippen LogP contribution in [0, 0.1) is 5.92 Å². The van der Waals surface area contributed by atoms with Crippen molar-refractivity contribution in [1.29, 1.82) is 0 Å². The number of carboxylic acid groups (broad SMARTS) is 1. The average molecular weight is 688 g/mol. The number of anilines is 2. The van der Waals surface area contributed by atoms with E-state index in [1.54, 1.807) is 11.0 Å². The molecule has 4 heterocycles. The first kappa shape index (κ1) is 33.2. The molecule has 1 atom stereocenters. The summed E-state index contributed by atoms with van der Waals surface area (Å²) in [6, 6.07) is 19.9. The summed E-state index contributed by atoms with van der Waals surface area (Å²) in [4.78, 5) is 57.8. The largest absolute Gasteiger partial charge is 0.478 e. The number of fused-ring (bicyclic) bond motifs is 2. The summed E-state index contributed by atoms with van der Waals surface area (Å²) < 4.78 is 0. The van der Waals surface area contributed by atoms with Gasteiger partial charge in [0, 0.05) is 75.7 Å². The smallest absolute Gasteiger partial charge is 0.335 e. The minimum atomic E-state index is -0.877. The Morgan fingerprint density at radius 2 is 1.49 bits per heavy atom. The summed E-state index contributed by atoms with van der Waals surface area (Å²) >= 11 is 0. The van der Waals surface area contributed by atoms with E-state index in [1.807, 2.05) is 24.3 Å². The van der Waals surface area contributed by atoms with E-state index in [-0.39, 0.29) is 24.1 Å². The molecule has 0 aromatic heterocycles. The lowest BCUT2D eigenvalue weighted by Crippen LogP contribution is -2.52. The number of allylic oxidation sites excluding steroid dienone is 1. The zero-order chi connectivity index (χ0) is 35.1. The second-order valence-electron chi connectivity index (χ2n) is 14.7. The number of amides is 3. The van der Waals surface area contributed by atoms with Crippen molar-refractivity contribution in [1.82, 2.24) is 15.1 Å². The van der Waals surface area contributed by atoms with E-state index in [0.29, 0.717) is 30.0 Å². The van der Waals surface area contributed by atoms with Crippen LogP contribution in [0.15, 0.2) is 66.7 Å². The Bertz CT molecular complexity index is 1890. The van der Waals surface area contributed by atoms with Gasteiger partial charge in [0.25, 0.3) is 5.91 Å². The fourth-order valence-corrected chi connectivity index (χ4v) is 8.66. The first-order valence-electron chi connectivity index (χ1n) is 18.5. The van der Waals surface area contributed by atoms with Gasteiger partial charge in [-0.2, -0.15) is 0 Å². The van der Waals surface area contributed by atoms with Gasteiger partial charge in [-0.15, -0.1) is 0 Å². The average Bonchev–Trinajstić information content (AvgIpc) is 3.32. The summed E-state index contributed by atoms with van der Waals surface area (Å²) in [5.41, 5.74) is 9.00. The fraction of sp³-hybridized carbons (Fsp3) is 0.415. The molecule has 2 N–H and O–H groups in total. The molecule has 10 heteroatoms. The standard InChI is InChI=1S/C41H45N5O5/c47-38-14-13-37(39(48)42-38)46-26-31-24-33(10-12-36(31)40(46)49)45-21-19-43(20-22-45)25-27-15-17-44(18-16-27)32-8-5-28(6-9-32)34-4-2-1-3-29-23-30(41(50)51)7-11-35(29)34/h4-12,23-24,27,37H,1-3,13-22,25-26H2,(H,50,51)(H,42,47,48)/t37-/m0/s1. The van der Waals surface area contributed by atoms with Crippen LogP contribution in [0.3, 0.4) is 0 Å². The number of hydrogen-bond donors (Lipinski definition) is 2. The van der Waals surface area contributed by atoms with Crippen molar-refractivity contribution in [3.63, 3.8) is 0 Å². The quantitative estimate of drug-likeness (QED) is 0.336. The molecular formula is C41H45N5O5. The van der Waals surface area contributed by atoms with Gasteiger partial charge >= 0.3 is 5.97 Å². The lowest BCUT2D eigenvalue weighted by atomic mass is 9.92. The number of nitrogens with one attached hydrogen (secondary N) is 1. The Hall–Kier alpha value is -4.96. The van der Waals surface area contributed by atoms with Gasteiger partial charge in [0.15, 0.2) is 0 Å². The van der Waals surface area contributed by atoms with Gasteiger partial charge in [0.1, 0.15) is 6.04 Å². The summed E-state index contributed by atoms with van der Waals surface area (Å²) in [5.74, 6) is -0.972. The van der Waals surface area contributed by atoms with E-state index < -0.39 is 12.0 Å². The number of imide groups is 1. The highest BCUT2D eigenvalue weighted by Crippen LogP contribution is 2.34. The van der Waals surface area contributed by atoms with Crippen molar-refractivity contribution in [2.45, 2.75) is 57.5 Å². The number of piperazine rings is 1. The molecule has 3 amide bonds. The fourth-order valence-electron chi connectivity index (χ4n) is 8.66. The molecule has 0 radical (unpaired) electrons. The zero-order valence-corrected chi connectivity index (χ0v) is 29.0. The summed E-state index contributed by atoms with van der Waals surface area (Å²) in [7, 11) is 0. The number of aryl methyl sites for hydroxylation is 1. The minimum absolute atomic E-state index is 0.128. The third kappa shape index (κ3) is 6.77. The van der Waals surface area contributed by atoms with Crippen LogP contribution in [0.2, 0.25) is 0 Å². The van der Waals surface area contributed by atoms with Crippen molar-refractivity contribution in [2.75, 3.05) is 55.6 Å². The second-order valence-corrected chi connectivity index (χ2v) is 14.7. The van der Waals surface area contributed by atoms with Crippen LogP contribution in [-0.4, -0.2) is 90.5 Å². The number of carbonyl (C=O) groups excluding carboxylic acids is 3. The lowest BCUT2D eigenvalue weighted by molar-refractivity contribution is -0.136. The number of piperidine rings is 2. The first-order chi connectivity index (χ1) is 24.8. The molecule has 3 fully saturated rings. The van der Waals surface area contributed by atoms with Crippen LogP contribution < -0.4 is 15.1 Å². The van der Waals surface area contributed by atoms with E-state index in [9.17, 15) is 24.3 Å². The van der Waals surface area contributed by atoms with E-state index in [1.165, 1.54) is 29.7 Å². The Labute approximate surface area is 298 Å². The van der Waals surface area contributed by atoms with E-state index in [2.05, 4.69) is 56.4 Å². The van der Waals surface area contributed by atoms with Crippen molar-refractivity contribution in [2.24, 2.45) is 5.92 Å². The van der Waals surface area contributed by atoms with Gasteiger partial charge in [0.05, 0.1) is 5.56 Å². The van der Waals surface area contributed by atoms with Crippen LogP contribution >= 0.6 is 0 Å². The van der Waals surface area contributed by atoms with E-state index in [0.717, 1.165) is 87.5 Å². The van der Waals surface area contributed by atoms with Gasteiger partial charge in [-0.25, -0.2) is 4.79 Å². The molecular weight excluding hydrogens is 642 g/mol. The van der Waals surface area contributed by atoms with Gasteiger partial charge in [-0.1, -0.05) is 24.3 Å². The molecule has 10 nitrogen and oxygen atoms in total. The Morgan fingerprint density at radius 3 is 2.24 bits per heavy atom. The lowest BCUT2D eigenvalue weighted by Gasteiger charge is -2.40. The molecule has 4 aliphatic heterocycles. The molecule has 0 bridgehead atoms. The van der Waals surface area contributed by atoms with Gasteiger partial charge < -0.3 is 19.8 Å². The summed E-state index contributed by atoms with van der Waals surface area (Å²) in [5, 5.41) is 11.8. The summed E-state index contributed by atoms with van der Waals surface area (Å²) in [6.07, 6.45) is 8.19. The summed E-state index contributed by atoms with van der Waals surface area (Å²) in [6.45, 7) is 7.53. The number of benzene rings is 3. The van der Waals surface area contributed by atoms with Crippen molar-refractivity contribution < 1.29 is 24.3 Å². The Kier molecular flexibility index (Phi) is 9.10. The molecule has 3 aromatic carbocycles. The molecule has 8 rings (SSSR count). The minimum Gasteiger partial charge on any atom is -0.478 e. The molecule has 0 spiro atoms. The molecule has 3 aromatic rings. The number of carboxylic acids is 1. The van der Waals surface area contributed by atoms with Gasteiger partial charge in [-0.05, 0) is 115 Å². The third-order valence-electron chi connectivity index (χ3n) is 11.6. The topological polar surface area (TPSA) is 114 Å². The van der Waals surface area contributed by atoms with Crippen LogP contribution in [0.1, 0.15) is 81.5 Å². The zero-order valence-electron chi connectivity index (χ0n) is 29.0. The first-order valence-corrected chi connectivity index (χ1v) is 18.5. The monoisotopic (exact) mass is 687 g/mol. The third-order valence-corrected chi connectivity index (χ3v) is 11.6. The molecule has 0 unspecified atom stereocenters.